The van der Waals surface area contributed by atoms with E-state index in [1.54, 1.807) is 0 Å². The highest BCUT2D eigenvalue weighted by atomic mass is 16.5. The van der Waals surface area contributed by atoms with Gasteiger partial charge in [-0.15, -0.1) is 0 Å². The van der Waals surface area contributed by atoms with Gasteiger partial charge in [0.05, 0.1) is 6.26 Å². The van der Waals surface area contributed by atoms with Crippen LogP contribution in [0.5, 0.6) is 0 Å². The summed E-state index contributed by atoms with van der Waals surface area (Å²) >= 11 is 0. The van der Waals surface area contributed by atoms with E-state index in [9.17, 15) is 4.79 Å². The molecule has 0 saturated heterocycles. The molecular weight excluding hydrogens is 124 g/mol. The Morgan fingerprint density at radius 1 is 1.67 bits per heavy atom. The third kappa shape index (κ3) is 2.38. The Bertz CT molecular complexity index is 147. The molecule has 0 aromatic heterocycles. The molecule has 0 bridgehead atoms. The van der Waals surface area contributed by atoms with Crippen LogP contribution in [0.25, 0.3) is 0 Å². The largest absolute Gasteiger partial charge is 0.511 e. The van der Waals surface area contributed by atoms with Gasteiger partial charge in [-0.25, -0.2) is 4.79 Å². The molecule has 0 spiro atoms. The minimum absolute atomic E-state index is 0.242. The molecule has 9 heavy (non-hydrogen) atoms. The van der Waals surface area contributed by atoms with Crippen LogP contribution in [0, 0.1) is 0 Å². The van der Waals surface area contributed by atoms with Crippen molar-refractivity contribution in [2.45, 2.75) is 0 Å². The fraction of sp³-hybridized carbons (Fsp3) is 0. The number of rotatable bonds is 2. The summed E-state index contributed by atoms with van der Waals surface area (Å²) in [7, 11) is 0. The third-order valence-electron chi connectivity index (χ3n) is 0.522. The third-order valence-corrected chi connectivity index (χ3v) is 0.522. The summed E-state index contributed by atoms with van der Waals surface area (Å²) in [4.78, 5) is 10.2. The van der Waals surface area contributed by atoms with Crippen LogP contribution in [-0.4, -0.2) is 16.2 Å². The second-order valence-corrected chi connectivity index (χ2v) is 1.09. The Labute approximate surface area is 51.7 Å². The van der Waals surface area contributed by atoms with Crippen LogP contribution >= 0.6 is 0 Å². The van der Waals surface area contributed by atoms with Gasteiger partial charge in [0.15, 0.2) is 0 Å². The molecule has 4 heteroatoms. The maximum atomic E-state index is 10.2. The van der Waals surface area contributed by atoms with E-state index in [1.807, 2.05) is 0 Å². The van der Waals surface area contributed by atoms with Crippen LogP contribution in [0.2, 0.25) is 0 Å². The number of hydrogen-bond acceptors (Lipinski definition) is 4. The quantitative estimate of drug-likeness (QED) is 0.327. The zero-order valence-corrected chi connectivity index (χ0v) is 4.57. The molecule has 0 aromatic rings. The van der Waals surface area contributed by atoms with Crippen molar-refractivity contribution in [3.63, 3.8) is 0 Å². The van der Waals surface area contributed by atoms with Crippen molar-refractivity contribution in [1.29, 1.82) is 0 Å². The SMILES string of the molecule is C=COC(=O)C(O)=CO. The van der Waals surface area contributed by atoms with Crippen LogP contribution in [0.1, 0.15) is 0 Å². The minimum atomic E-state index is -1.03. The Balaban J connectivity index is 3.88. The number of esters is 1. The van der Waals surface area contributed by atoms with Crippen LogP contribution in [0.4, 0.5) is 0 Å². The van der Waals surface area contributed by atoms with Crippen LogP contribution in [0.3, 0.4) is 0 Å². The van der Waals surface area contributed by atoms with E-state index in [4.69, 9.17) is 10.2 Å². The summed E-state index contributed by atoms with van der Waals surface area (Å²) in [6.45, 7) is 3.05. The molecule has 0 fully saturated rings. The van der Waals surface area contributed by atoms with Crippen molar-refractivity contribution in [3.05, 3.63) is 24.9 Å². The van der Waals surface area contributed by atoms with Crippen molar-refractivity contribution in [3.8, 4) is 0 Å². The molecule has 0 amide bonds. The van der Waals surface area contributed by atoms with E-state index >= 15 is 0 Å². The van der Waals surface area contributed by atoms with E-state index in [1.165, 1.54) is 0 Å². The van der Waals surface area contributed by atoms with Gasteiger partial charge >= 0.3 is 5.97 Å². The van der Waals surface area contributed by atoms with Crippen molar-refractivity contribution in [2.24, 2.45) is 0 Å². The van der Waals surface area contributed by atoms with E-state index in [0.29, 0.717) is 0 Å². The first-order valence-corrected chi connectivity index (χ1v) is 2.07. The van der Waals surface area contributed by atoms with Gasteiger partial charge in [0.2, 0.25) is 5.76 Å². The molecule has 0 atom stereocenters. The van der Waals surface area contributed by atoms with Crippen molar-refractivity contribution >= 4 is 5.97 Å². The molecule has 0 aliphatic heterocycles. The molecule has 0 rings (SSSR count). The summed E-state index contributed by atoms with van der Waals surface area (Å²) in [5.41, 5.74) is 0. The molecule has 2 N–H and O–H groups in total. The molecule has 4 nitrogen and oxygen atoms in total. The Hall–Kier alpha value is -1.45. The maximum Gasteiger partial charge on any atom is 0.381 e. The highest BCUT2D eigenvalue weighted by Crippen LogP contribution is 1.89. The second kappa shape index (κ2) is 3.54. The second-order valence-electron chi connectivity index (χ2n) is 1.09. The number of carbonyl (C=O) groups excluding carboxylic acids is 1. The zero-order valence-electron chi connectivity index (χ0n) is 4.57. The predicted octanol–water partition coefficient (Wildman–Crippen LogP) is 0.630. The summed E-state index contributed by atoms with van der Waals surface area (Å²) < 4.78 is 4.04. The topological polar surface area (TPSA) is 66.8 Å². The number of carbonyl (C=O) groups is 1. The van der Waals surface area contributed by atoms with E-state index in [2.05, 4.69) is 11.3 Å². The van der Waals surface area contributed by atoms with Crippen LogP contribution in [-0.2, 0) is 9.53 Å². The molecular formula is C5H6O4. The first-order valence-electron chi connectivity index (χ1n) is 2.07. The van der Waals surface area contributed by atoms with Crippen molar-refractivity contribution < 1.29 is 19.7 Å². The van der Waals surface area contributed by atoms with Gasteiger partial charge in [-0.2, -0.15) is 0 Å². The fourth-order valence-electron chi connectivity index (χ4n) is 0.189. The van der Waals surface area contributed by atoms with Gasteiger partial charge in [0, 0.05) is 0 Å². The lowest BCUT2D eigenvalue weighted by atomic mass is 10.6. The van der Waals surface area contributed by atoms with E-state index in [-0.39, 0.29) is 6.26 Å². The first-order chi connectivity index (χ1) is 4.22. The van der Waals surface area contributed by atoms with E-state index in [0.717, 1.165) is 6.26 Å². The molecule has 0 saturated carbocycles. The molecule has 0 heterocycles. The van der Waals surface area contributed by atoms with Gasteiger partial charge in [0.25, 0.3) is 0 Å². The Kier molecular flexibility index (Phi) is 2.97. The van der Waals surface area contributed by atoms with Gasteiger partial charge in [-0.1, -0.05) is 6.58 Å². The van der Waals surface area contributed by atoms with Crippen molar-refractivity contribution in [2.75, 3.05) is 0 Å². The van der Waals surface area contributed by atoms with Gasteiger partial charge < -0.3 is 14.9 Å². The van der Waals surface area contributed by atoms with E-state index < -0.39 is 11.7 Å². The first kappa shape index (κ1) is 7.55. The lowest BCUT2D eigenvalue weighted by molar-refractivity contribution is -0.136. The molecule has 50 valence electrons. The standard InChI is InChI=1S/C5H6O4/c1-2-9-5(8)4(7)3-6/h2-3,6-7H,1H2. The highest BCUT2D eigenvalue weighted by molar-refractivity contribution is 5.85. The Morgan fingerprint density at radius 2 is 2.22 bits per heavy atom. The predicted molar refractivity (Wildman–Crippen MR) is 29.6 cm³/mol. The minimum Gasteiger partial charge on any atom is -0.511 e. The molecule has 0 aromatic carbocycles. The fourth-order valence-corrected chi connectivity index (χ4v) is 0.189. The monoisotopic (exact) mass is 130 g/mol. The summed E-state index contributed by atoms with van der Waals surface area (Å²) in [6, 6.07) is 0. The summed E-state index contributed by atoms with van der Waals surface area (Å²) in [6.07, 6.45) is 1.09. The summed E-state index contributed by atoms with van der Waals surface area (Å²) in [5, 5.41) is 16.3. The number of hydrogen-bond donors (Lipinski definition) is 2. The van der Waals surface area contributed by atoms with Crippen LogP contribution < -0.4 is 0 Å². The van der Waals surface area contributed by atoms with Crippen LogP contribution in [0.15, 0.2) is 24.9 Å². The number of ether oxygens (including phenoxy) is 1. The highest BCUT2D eigenvalue weighted by Gasteiger charge is 2.05. The summed E-state index contributed by atoms with van der Waals surface area (Å²) in [5.74, 6) is -1.89. The molecule has 0 radical (unpaired) electrons. The Morgan fingerprint density at radius 3 is 2.56 bits per heavy atom. The zero-order chi connectivity index (χ0) is 7.28. The number of aliphatic hydroxyl groups excluding tert-OH is 2. The smallest absolute Gasteiger partial charge is 0.381 e. The average molecular weight is 130 g/mol. The molecule has 0 aliphatic carbocycles. The van der Waals surface area contributed by atoms with Gasteiger partial charge in [-0.3, -0.25) is 0 Å². The van der Waals surface area contributed by atoms with Gasteiger partial charge in [-0.05, 0) is 0 Å². The lowest BCUT2D eigenvalue weighted by Gasteiger charge is -1.92. The van der Waals surface area contributed by atoms with Gasteiger partial charge in [0.1, 0.15) is 6.26 Å². The average Bonchev–Trinajstić information content (AvgIpc) is 1.87. The number of aliphatic hydroxyl groups is 2. The molecule has 0 aliphatic rings. The van der Waals surface area contributed by atoms with Crippen molar-refractivity contribution in [1.82, 2.24) is 0 Å². The maximum absolute atomic E-state index is 10.2. The normalized spacial score (nSPS) is 10.4. The lowest BCUT2D eigenvalue weighted by Crippen LogP contribution is -2.02. The molecule has 0 unspecified atom stereocenters.